The van der Waals surface area contributed by atoms with Crippen molar-refractivity contribution in [3.8, 4) is 5.75 Å². The van der Waals surface area contributed by atoms with Gasteiger partial charge in [-0.3, -0.25) is 0 Å². The van der Waals surface area contributed by atoms with Gasteiger partial charge in [0.05, 0.1) is 11.9 Å². The summed E-state index contributed by atoms with van der Waals surface area (Å²) in [5.74, 6) is 1.00. The molecule has 0 radical (unpaired) electrons. The molecule has 1 aliphatic rings. The molecule has 1 aliphatic heterocycles. The largest absolute Gasteiger partial charge is 0.491 e. The second kappa shape index (κ2) is 5.75. The van der Waals surface area contributed by atoms with Crippen LogP contribution in [0.15, 0.2) is 35.7 Å². The van der Waals surface area contributed by atoms with Crippen molar-refractivity contribution in [3.05, 3.63) is 41.3 Å². The summed E-state index contributed by atoms with van der Waals surface area (Å²) in [5.41, 5.74) is 1.11. The predicted octanol–water partition coefficient (Wildman–Crippen LogP) is 1.87. The van der Waals surface area contributed by atoms with Gasteiger partial charge >= 0.3 is 0 Å². The zero-order valence-electron chi connectivity index (χ0n) is 11.2. The lowest BCUT2D eigenvalue weighted by Crippen LogP contribution is -2.29. The fraction of sp³-hybridized carbons (Fsp3) is 0.429. The molecular weight excluding hydrogens is 262 g/mol. The van der Waals surface area contributed by atoms with Crippen LogP contribution in [0.25, 0.3) is 0 Å². The Kier molecular flexibility index (Phi) is 4.27. The van der Waals surface area contributed by atoms with Gasteiger partial charge in [-0.15, -0.1) is 0 Å². The summed E-state index contributed by atoms with van der Waals surface area (Å²) in [5, 5.41) is 4.49. The minimum Gasteiger partial charge on any atom is -0.491 e. The highest BCUT2D eigenvalue weighted by atomic mass is 32.2. The highest BCUT2D eigenvalue weighted by molar-refractivity contribution is 7.94. The number of ether oxygens (including phenoxy) is 1. The van der Waals surface area contributed by atoms with E-state index in [1.165, 1.54) is 5.41 Å². The second-order valence-corrected chi connectivity index (χ2v) is 6.89. The van der Waals surface area contributed by atoms with E-state index >= 15 is 0 Å². The standard InChI is InChI=1S/C14H19NO3S/c1-11(2)18-14-5-3-12(4-6-14)9-15-13-7-8-19(16,17)10-13/h3-8,11,13,15H,9-10H2,1-2H3. The molecule has 0 spiro atoms. The van der Waals surface area contributed by atoms with Crippen LogP contribution in [0.4, 0.5) is 0 Å². The minimum absolute atomic E-state index is 0.0865. The van der Waals surface area contributed by atoms with Crippen molar-refractivity contribution in [2.24, 2.45) is 0 Å². The van der Waals surface area contributed by atoms with Crippen LogP contribution in [-0.2, 0) is 16.4 Å². The Bertz CT molecular complexity index is 547. The third-order valence-corrected chi connectivity index (χ3v) is 4.19. The van der Waals surface area contributed by atoms with E-state index in [9.17, 15) is 8.42 Å². The lowest BCUT2D eigenvalue weighted by molar-refractivity contribution is 0.242. The van der Waals surface area contributed by atoms with Crippen molar-refractivity contribution >= 4 is 9.84 Å². The first-order valence-electron chi connectivity index (χ1n) is 6.34. The SMILES string of the molecule is CC(C)Oc1ccc(CNC2C=CS(=O)(=O)C2)cc1. The van der Waals surface area contributed by atoms with E-state index in [1.54, 1.807) is 6.08 Å². The first kappa shape index (κ1) is 14.1. The van der Waals surface area contributed by atoms with E-state index in [2.05, 4.69) is 5.32 Å². The molecule has 2 rings (SSSR count). The van der Waals surface area contributed by atoms with Crippen molar-refractivity contribution < 1.29 is 13.2 Å². The molecule has 0 fully saturated rings. The van der Waals surface area contributed by atoms with Crippen LogP contribution in [0.3, 0.4) is 0 Å². The Labute approximate surface area is 114 Å². The first-order chi connectivity index (χ1) is 8.94. The summed E-state index contributed by atoms with van der Waals surface area (Å²) in [6.07, 6.45) is 1.86. The van der Waals surface area contributed by atoms with Crippen LogP contribution in [0, 0.1) is 0 Å². The quantitative estimate of drug-likeness (QED) is 0.895. The average molecular weight is 281 g/mol. The number of rotatable bonds is 5. The van der Waals surface area contributed by atoms with Gasteiger partial charge < -0.3 is 10.1 Å². The summed E-state index contributed by atoms with van der Waals surface area (Å²) in [7, 11) is -2.98. The summed E-state index contributed by atoms with van der Waals surface area (Å²) in [6.45, 7) is 4.62. The third-order valence-electron chi connectivity index (χ3n) is 2.79. The van der Waals surface area contributed by atoms with Crippen LogP contribution in [0.2, 0.25) is 0 Å². The van der Waals surface area contributed by atoms with Crippen LogP contribution in [0.1, 0.15) is 19.4 Å². The van der Waals surface area contributed by atoms with Gasteiger partial charge in [-0.25, -0.2) is 8.42 Å². The fourth-order valence-electron chi connectivity index (χ4n) is 1.91. The third kappa shape index (κ3) is 4.36. The Hall–Kier alpha value is -1.33. The Morgan fingerprint density at radius 1 is 1.32 bits per heavy atom. The molecule has 0 saturated carbocycles. The smallest absolute Gasteiger partial charge is 0.173 e. The molecule has 1 aromatic rings. The number of benzene rings is 1. The number of nitrogens with one attached hydrogen (secondary N) is 1. The summed E-state index contributed by atoms with van der Waals surface area (Å²) in [6, 6.07) is 7.74. The van der Waals surface area contributed by atoms with Gasteiger partial charge in [0.15, 0.2) is 9.84 Å². The lowest BCUT2D eigenvalue weighted by Gasteiger charge is -2.12. The molecule has 0 amide bonds. The summed E-state index contributed by atoms with van der Waals surface area (Å²) >= 11 is 0. The van der Waals surface area contributed by atoms with Gasteiger partial charge in [-0.2, -0.15) is 0 Å². The molecule has 1 atom stereocenters. The van der Waals surface area contributed by atoms with Crippen molar-refractivity contribution in [1.29, 1.82) is 0 Å². The summed E-state index contributed by atoms with van der Waals surface area (Å²) in [4.78, 5) is 0. The van der Waals surface area contributed by atoms with Gasteiger partial charge in [0, 0.05) is 18.0 Å². The molecule has 104 valence electrons. The van der Waals surface area contributed by atoms with E-state index in [1.807, 2.05) is 38.1 Å². The summed E-state index contributed by atoms with van der Waals surface area (Å²) < 4.78 is 28.1. The highest BCUT2D eigenvalue weighted by Crippen LogP contribution is 2.14. The molecule has 1 heterocycles. The van der Waals surface area contributed by atoms with E-state index < -0.39 is 9.84 Å². The van der Waals surface area contributed by atoms with E-state index in [4.69, 9.17) is 4.74 Å². The molecule has 0 aromatic heterocycles. The van der Waals surface area contributed by atoms with Crippen molar-refractivity contribution in [1.82, 2.24) is 5.32 Å². The van der Waals surface area contributed by atoms with Gasteiger partial charge in [0.2, 0.25) is 0 Å². The maximum atomic E-state index is 11.3. The second-order valence-electron chi connectivity index (χ2n) is 4.96. The van der Waals surface area contributed by atoms with Gasteiger partial charge in [-0.05, 0) is 31.5 Å². The molecule has 1 aromatic carbocycles. The van der Waals surface area contributed by atoms with Crippen LogP contribution in [-0.4, -0.2) is 26.3 Å². The average Bonchev–Trinajstić information content (AvgIpc) is 2.67. The van der Waals surface area contributed by atoms with Crippen LogP contribution < -0.4 is 10.1 Å². The lowest BCUT2D eigenvalue weighted by atomic mass is 10.2. The van der Waals surface area contributed by atoms with Crippen molar-refractivity contribution in [3.63, 3.8) is 0 Å². The minimum atomic E-state index is -2.98. The van der Waals surface area contributed by atoms with E-state index in [0.29, 0.717) is 6.54 Å². The zero-order valence-corrected chi connectivity index (χ0v) is 12.0. The zero-order chi connectivity index (χ0) is 13.9. The van der Waals surface area contributed by atoms with E-state index in [0.717, 1.165) is 11.3 Å². The molecule has 0 bridgehead atoms. The topological polar surface area (TPSA) is 55.4 Å². The molecule has 0 saturated heterocycles. The van der Waals surface area contributed by atoms with Gasteiger partial charge in [0.1, 0.15) is 5.75 Å². The Balaban J connectivity index is 1.85. The van der Waals surface area contributed by atoms with Crippen molar-refractivity contribution in [2.75, 3.05) is 5.75 Å². The Morgan fingerprint density at radius 2 is 2.00 bits per heavy atom. The molecule has 5 heteroatoms. The molecule has 1 unspecified atom stereocenters. The van der Waals surface area contributed by atoms with Crippen LogP contribution >= 0.6 is 0 Å². The first-order valence-corrected chi connectivity index (χ1v) is 8.06. The Morgan fingerprint density at radius 3 is 2.53 bits per heavy atom. The van der Waals surface area contributed by atoms with Crippen LogP contribution in [0.5, 0.6) is 5.75 Å². The number of sulfone groups is 1. The number of hydrogen-bond acceptors (Lipinski definition) is 4. The molecule has 4 nitrogen and oxygen atoms in total. The maximum Gasteiger partial charge on any atom is 0.173 e. The molecule has 0 aliphatic carbocycles. The number of hydrogen-bond donors (Lipinski definition) is 1. The van der Waals surface area contributed by atoms with E-state index in [-0.39, 0.29) is 17.9 Å². The molecule has 1 N–H and O–H groups in total. The predicted molar refractivity (Wildman–Crippen MR) is 75.8 cm³/mol. The van der Waals surface area contributed by atoms with Crippen molar-refractivity contribution in [2.45, 2.75) is 32.5 Å². The maximum absolute atomic E-state index is 11.3. The molecular formula is C14H19NO3S. The monoisotopic (exact) mass is 281 g/mol. The highest BCUT2D eigenvalue weighted by Gasteiger charge is 2.20. The molecule has 19 heavy (non-hydrogen) atoms. The van der Waals surface area contributed by atoms with Gasteiger partial charge in [0.25, 0.3) is 0 Å². The van der Waals surface area contributed by atoms with Gasteiger partial charge in [-0.1, -0.05) is 18.2 Å². The normalized spacial score (nSPS) is 20.9. The fourth-order valence-corrected chi connectivity index (χ4v) is 3.18.